The molecule has 1 aromatic carbocycles. The van der Waals surface area contributed by atoms with E-state index in [0.29, 0.717) is 19.6 Å². The zero-order valence-corrected chi connectivity index (χ0v) is 13.2. The molecule has 0 radical (unpaired) electrons. The third-order valence-corrected chi connectivity index (χ3v) is 4.87. The molecule has 2 heterocycles. The number of piperidine rings is 1. The molecule has 5 heteroatoms. The third-order valence-electron chi connectivity index (χ3n) is 4.87. The quantitative estimate of drug-likeness (QED) is 0.848. The Kier molecular flexibility index (Phi) is 3.91. The van der Waals surface area contributed by atoms with E-state index in [2.05, 4.69) is 17.4 Å². The second-order valence-electron chi connectivity index (χ2n) is 6.59. The van der Waals surface area contributed by atoms with Gasteiger partial charge in [-0.3, -0.25) is 9.59 Å². The molecule has 1 aromatic rings. The molecule has 2 aliphatic rings. The molecule has 22 heavy (non-hydrogen) atoms. The average Bonchev–Trinajstić information content (AvgIpc) is 2.52. The number of amides is 2. The van der Waals surface area contributed by atoms with Gasteiger partial charge in [0.15, 0.2) is 0 Å². The summed E-state index contributed by atoms with van der Waals surface area (Å²) in [7, 11) is 3.79. The van der Waals surface area contributed by atoms with Crippen molar-refractivity contribution in [3.05, 3.63) is 35.9 Å². The van der Waals surface area contributed by atoms with Gasteiger partial charge in [-0.15, -0.1) is 0 Å². The highest BCUT2D eigenvalue weighted by Crippen LogP contribution is 2.49. The van der Waals surface area contributed by atoms with E-state index in [1.807, 2.05) is 42.1 Å². The van der Waals surface area contributed by atoms with Crippen molar-refractivity contribution in [3.63, 3.8) is 0 Å². The lowest BCUT2D eigenvalue weighted by Crippen LogP contribution is -2.65. The minimum absolute atomic E-state index is 0.0901. The zero-order valence-electron chi connectivity index (χ0n) is 13.2. The molecule has 118 valence electrons. The van der Waals surface area contributed by atoms with E-state index in [4.69, 9.17) is 0 Å². The largest absolute Gasteiger partial charge is 0.348 e. The second kappa shape index (κ2) is 5.72. The van der Waals surface area contributed by atoms with E-state index < -0.39 is 0 Å². The highest BCUT2D eigenvalue weighted by Gasteiger charge is 2.56. The minimum atomic E-state index is -0.323. The molecule has 2 amide bonds. The molecule has 2 fully saturated rings. The van der Waals surface area contributed by atoms with Gasteiger partial charge in [-0.2, -0.15) is 0 Å². The summed E-state index contributed by atoms with van der Waals surface area (Å²) in [6.07, 6.45) is 1.50. The van der Waals surface area contributed by atoms with Crippen molar-refractivity contribution in [2.75, 3.05) is 33.7 Å². The average molecular weight is 301 g/mol. The van der Waals surface area contributed by atoms with E-state index in [0.717, 1.165) is 18.4 Å². The monoisotopic (exact) mass is 301 g/mol. The summed E-state index contributed by atoms with van der Waals surface area (Å²) < 4.78 is 0. The zero-order chi connectivity index (χ0) is 15.7. The number of nitrogens with zero attached hydrogens (tertiary/aromatic N) is 2. The molecule has 2 saturated heterocycles. The first-order valence-electron chi connectivity index (χ1n) is 7.81. The van der Waals surface area contributed by atoms with Crippen LogP contribution in [0.1, 0.15) is 24.4 Å². The van der Waals surface area contributed by atoms with Crippen LogP contribution in [-0.4, -0.2) is 55.3 Å². The second-order valence-corrected chi connectivity index (χ2v) is 6.59. The van der Waals surface area contributed by atoms with E-state index in [1.54, 1.807) is 0 Å². The number of likely N-dealkylation sites (N-methyl/N-ethyl adjacent to an activating group) is 1. The van der Waals surface area contributed by atoms with Crippen LogP contribution in [0.2, 0.25) is 0 Å². The normalized spacial score (nSPS) is 23.3. The minimum Gasteiger partial charge on any atom is -0.348 e. The van der Waals surface area contributed by atoms with E-state index in [1.165, 1.54) is 0 Å². The lowest BCUT2D eigenvalue weighted by Gasteiger charge is -2.52. The number of nitrogens with one attached hydrogen (secondary N) is 1. The molecule has 1 spiro atoms. The maximum Gasteiger partial charge on any atom is 0.236 e. The van der Waals surface area contributed by atoms with E-state index in [9.17, 15) is 9.59 Å². The number of β-lactam (4-membered cyclic amide) rings is 1. The van der Waals surface area contributed by atoms with Crippen LogP contribution >= 0.6 is 0 Å². The number of rotatable bonds is 3. The summed E-state index contributed by atoms with van der Waals surface area (Å²) in [5.41, 5.74) is 0.839. The lowest BCUT2D eigenvalue weighted by molar-refractivity contribution is -0.155. The van der Waals surface area contributed by atoms with E-state index >= 15 is 0 Å². The highest BCUT2D eigenvalue weighted by molar-refractivity contribution is 5.91. The number of hydrogen-bond acceptors (Lipinski definition) is 3. The van der Waals surface area contributed by atoms with Crippen LogP contribution in [0.3, 0.4) is 0 Å². The molecule has 5 nitrogen and oxygen atoms in total. The topological polar surface area (TPSA) is 52.7 Å². The standard InChI is InChI=1S/C17H23N3O2/c1-19(2)12-14(21)20-10-8-17(9-11-20)15(18-16(17)22)13-6-4-3-5-7-13/h3-7,15H,8-12H2,1-2H3,(H,18,22)/t15-/m0/s1. The first-order valence-corrected chi connectivity index (χ1v) is 7.81. The predicted molar refractivity (Wildman–Crippen MR) is 84.1 cm³/mol. The third kappa shape index (κ3) is 2.50. The van der Waals surface area contributed by atoms with Gasteiger partial charge in [0.25, 0.3) is 0 Å². The Hall–Kier alpha value is -1.88. The Morgan fingerprint density at radius 2 is 1.91 bits per heavy atom. The highest BCUT2D eigenvalue weighted by atomic mass is 16.2. The summed E-state index contributed by atoms with van der Waals surface area (Å²) in [5.74, 6) is 0.289. The molecule has 0 saturated carbocycles. The number of likely N-dealkylation sites (tertiary alicyclic amines) is 1. The SMILES string of the molecule is CN(C)CC(=O)N1CCC2(CC1)C(=O)N[C@H]2c1ccccc1. The predicted octanol–water partition coefficient (Wildman–Crippen LogP) is 1.03. The molecule has 0 unspecified atom stereocenters. The van der Waals surface area contributed by atoms with Gasteiger partial charge < -0.3 is 15.1 Å². The van der Waals surface area contributed by atoms with Crippen LogP contribution in [0.5, 0.6) is 0 Å². The molecule has 0 aliphatic carbocycles. The molecular weight excluding hydrogens is 278 g/mol. The Morgan fingerprint density at radius 3 is 2.45 bits per heavy atom. The fourth-order valence-electron chi connectivity index (χ4n) is 3.56. The summed E-state index contributed by atoms with van der Waals surface area (Å²) in [5, 5.41) is 3.05. The number of carbonyl (C=O) groups is 2. The maximum atomic E-state index is 12.2. The van der Waals surface area contributed by atoms with Gasteiger partial charge in [0.05, 0.1) is 18.0 Å². The van der Waals surface area contributed by atoms with Crippen molar-refractivity contribution in [1.82, 2.24) is 15.1 Å². The smallest absolute Gasteiger partial charge is 0.236 e. The van der Waals surface area contributed by atoms with Gasteiger partial charge in [0, 0.05) is 13.1 Å². The van der Waals surface area contributed by atoms with Crippen LogP contribution in [-0.2, 0) is 9.59 Å². The summed E-state index contributed by atoms with van der Waals surface area (Å²) in [6, 6.07) is 10.2. The van der Waals surface area contributed by atoms with Crippen LogP contribution in [0.25, 0.3) is 0 Å². The summed E-state index contributed by atoms with van der Waals surface area (Å²) >= 11 is 0. The Bertz CT molecular complexity index is 563. The van der Waals surface area contributed by atoms with Crippen LogP contribution in [0.15, 0.2) is 30.3 Å². The fraction of sp³-hybridized carbons (Fsp3) is 0.529. The van der Waals surface area contributed by atoms with Crippen molar-refractivity contribution in [2.24, 2.45) is 5.41 Å². The van der Waals surface area contributed by atoms with Crippen molar-refractivity contribution in [2.45, 2.75) is 18.9 Å². The van der Waals surface area contributed by atoms with Crippen molar-refractivity contribution >= 4 is 11.8 Å². The number of hydrogen-bond donors (Lipinski definition) is 1. The molecule has 1 N–H and O–H groups in total. The van der Waals surface area contributed by atoms with Crippen molar-refractivity contribution < 1.29 is 9.59 Å². The number of carbonyl (C=O) groups excluding carboxylic acids is 2. The van der Waals surface area contributed by atoms with Crippen LogP contribution in [0, 0.1) is 5.41 Å². The Morgan fingerprint density at radius 1 is 1.27 bits per heavy atom. The van der Waals surface area contributed by atoms with Crippen LogP contribution in [0.4, 0.5) is 0 Å². The summed E-state index contributed by atoms with van der Waals surface area (Å²) in [4.78, 5) is 28.1. The van der Waals surface area contributed by atoms with Gasteiger partial charge in [-0.05, 0) is 32.5 Å². The lowest BCUT2D eigenvalue weighted by atomic mass is 9.64. The van der Waals surface area contributed by atoms with Gasteiger partial charge in [-0.25, -0.2) is 0 Å². The van der Waals surface area contributed by atoms with Crippen LogP contribution < -0.4 is 5.32 Å². The molecule has 1 atom stereocenters. The molecular formula is C17H23N3O2. The Labute approximate surface area is 131 Å². The first kappa shape index (κ1) is 15.0. The van der Waals surface area contributed by atoms with Gasteiger partial charge in [0.2, 0.25) is 11.8 Å². The fourth-order valence-corrected chi connectivity index (χ4v) is 3.56. The molecule has 0 bridgehead atoms. The summed E-state index contributed by atoms with van der Waals surface area (Å²) in [6.45, 7) is 1.77. The van der Waals surface area contributed by atoms with Gasteiger partial charge in [-0.1, -0.05) is 30.3 Å². The van der Waals surface area contributed by atoms with E-state index in [-0.39, 0.29) is 23.3 Å². The maximum absolute atomic E-state index is 12.2. The van der Waals surface area contributed by atoms with Crippen molar-refractivity contribution in [3.8, 4) is 0 Å². The Balaban J connectivity index is 1.68. The molecule has 2 aliphatic heterocycles. The molecule has 0 aromatic heterocycles. The number of benzene rings is 1. The van der Waals surface area contributed by atoms with Gasteiger partial charge in [0.1, 0.15) is 0 Å². The first-order chi connectivity index (χ1) is 10.5. The van der Waals surface area contributed by atoms with Gasteiger partial charge >= 0.3 is 0 Å². The van der Waals surface area contributed by atoms with Crippen molar-refractivity contribution in [1.29, 1.82) is 0 Å². The molecule has 3 rings (SSSR count).